The van der Waals surface area contributed by atoms with Crippen molar-refractivity contribution in [1.29, 1.82) is 0 Å². The number of hydrogen-bond donors (Lipinski definition) is 0. The van der Waals surface area contributed by atoms with Crippen LogP contribution in [0.15, 0.2) is 116 Å². The van der Waals surface area contributed by atoms with Crippen molar-refractivity contribution < 1.29 is 9.53 Å². The summed E-state index contributed by atoms with van der Waals surface area (Å²) in [5.41, 5.74) is 13.2. The Morgan fingerprint density at radius 3 is 1.35 bits per heavy atom. The molecule has 0 fully saturated rings. The van der Waals surface area contributed by atoms with Gasteiger partial charge < -0.3 is 14.5 Å². The molecule has 43 heavy (non-hydrogen) atoms. The molecule has 0 saturated heterocycles. The van der Waals surface area contributed by atoms with Crippen LogP contribution in [0.25, 0.3) is 0 Å². The van der Waals surface area contributed by atoms with Gasteiger partial charge in [0.25, 0.3) is 0 Å². The van der Waals surface area contributed by atoms with E-state index in [-0.39, 0.29) is 0 Å². The Morgan fingerprint density at radius 2 is 0.977 bits per heavy atom. The van der Waals surface area contributed by atoms with Gasteiger partial charge in [0.15, 0.2) is 0 Å². The van der Waals surface area contributed by atoms with E-state index in [2.05, 4.69) is 142 Å². The lowest BCUT2D eigenvalue weighted by atomic mass is 10.0. The molecule has 0 heterocycles. The summed E-state index contributed by atoms with van der Waals surface area (Å²) >= 11 is 0. The van der Waals surface area contributed by atoms with Gasteiger partial charge >= 0.3 is 5.97 Å². The summed E-state index contributed by atoms with van der Waals surface area (Å²) < 4.78 is 5.46. The molecule has 0 aliphatic carbocycles. The summed E-state index contributed by atoms with van der Waals surface area (Å²) in [5.74, 6) is 0.0493. The molecular formula is C39H38N2O2. The third kappa shape index (κ3) is 6.39. The monoisotopic (exact) mass is 566 g/mol. The largest absolute Gasteiger partial charge is 0.423 e. The number of esters is 1. The Bertz CT molecular complexity index is 1780. The van der Waals surface area contributed by atoms with E-state index in [4.69, 9.17) is 4.74 Å². The third-order valence-electron chi connectivity index (χ3n) is 7.57. The fraction of sp³-hybridized carbons (Fsp3) is 0.154. The summed E-state index contributed by atoms with van der Waals surface area (Å²) in [7, 11) is 0. The Balaban J connectivity index is 1.67. The highest BCUT2D eigenvalue weighted by molar-refractivity contribution is 5.86. The number of hydrogen-bond acceptors (Lipinski definition) is 4. The van der Waals surface area contributed by atoms with Crippen LogP contribution in [0.3, 0.4) is 0 Å². The van der Waals surface area contributed by atoms with E-state index in [0.29, 0.717) is 5.75 Å². The third-order valence-corrected chi connectivity index (χ3v) is 7.57. The van der Waals surface area contributed by atoms with Crippen LogP contribution in [-0.4, -0.2) is 5.97 Å². The number of ether oxygens (including phenoxy) is 1. The maximum absolute atomic E-state index is 11.9. The van der Waals surface area contributed by atoms with Crippen molar-refractivity contribution >= 4 is 40.1 Å². The van der Waals surface area contributed by atoms with Gasteiger partial charge in [-0.3, -0.25) is 0 Å². The summed E-state index contributed by atoms with van der Waals surface area (Å²) in [6.07, 6.45) is 1.18. The highest BCUT2D eigenvalue weighted by Crippen LogP contribution is 2.44. The fourth-order valence-corrected chi connectivity index (χ4v) is 5.46. The van der Waals surface area contributed by atoms with Crippen molar-refractivity contribution in [2.24, 2.45) is 0 Å². The van der Waals surface area contributed by atoms with Crippen LogP contribution in [0, 0.1) is 41.5 Å². The van der Waals surface area contributed by atoms with E-state index < -0.39 is 5.97 Å². The quantitative estimate of drug-likeness (QED) is 0.106. The molecule has 5 rings (SSSR count). The molecular weight excluding hydrogens is 528 g/mol. The maximum Gasteiger partial charge on any atom is 0.335 e. The van der Waals surface area contributed by atoms with Crippen LogP contribution in [0.1, 0.15) is 33.4 Å². The van der Waals surface area contributed by atoms with E-state index >= 15 is 0 Å². The average Bonchev–Trinajstić information content (AvgIpc) is 2.97. The Hall–Kier alpha value is -5.09. The second-order valence-corrected chi connectivity index (χ2v) is 11.2. The van der Waals surface area contributed by atoms with Crippen LogP contribution in [0.5, 0.6) is 5.75 Å². The first-order valence-corrected chi connectivity index (χ1v) is 14.5. The molecule has 5 aromatic carbocycles. The van der Waals surface area contributed by atoms with Crippen LogP contribution < -0.4 is 14.5 Å². The number of aryl methyl sites for hydroxylation is 6. The molecule has 4 heteroatoms. The minimum Gasteiger partial charge on any atom is -0.423 e. The highest BCUT2D eigenvalue weighted by Gasteiger charge is 2.21. The molecule has 0 amide bonds. The topological polar surface area (TPSA) is 32.8 Å². The molecule has 0 unspecified atom stereocenters. The second kappa shape index (κ2) is 12.4. The molecule has 216 valence electrons. The van der Waals surface area contributed by atoms with E-state index in [1.165, 1.54) is 22.8 Å². The SMILES string of the molecule is C=CC(=O)Oc1ccc(N(c2cccc(C)c2)c2cc(C)c(N(c3cccc(C)c3)c3cccc(C)c3)cc2C)cc1C. The molecule has 4 nitrogen and oxygen atoms in total. The first kappa shape index (κ1) is 29.4. The minimum atomic E-state index is -0.472. The standard InChI is InChI=1S/C39H38N2O2/c1-8-39(42)43-38-19-18-35(23-31(38)7)41(34-17-11-14-28(4)22-34)37-25-29(5)36(24-30(37)6)40(32-15-9-12-26(2)20-32)33-16-10-13-27(3)21-33/h8-25H,1H2,2-7H3. The van der Waals surface area contributed by atoms with Gasteiger partial charge in [0, 0.05) is 40.2 Å². The molecule has 0 bridgehead atoms. The Morgan fingerprint density at radius 1 is 0.558 bits per heavy atom. The predicted molar refractivity (Wildman–Crippen MR) is 180 cm³/mol. The van der Waals surface area contributed by atoms with Gasteiger partial charge in [0.05, 0.1) is 0 Å². The molecule has 0 atom stereocenters. The second-order valence-electron chi connectivity index (χ2n) is 11.2. The molecule has 0 spiro atoms. The first-order chi connectivity index (χ1) is 20.6. The summed E-state index contributed by atoms with van der Waals surface area (Å²) in [5, 5.41) is 0. The number of anilines is 6. The van der Waals surface area contributed by atoms with E-state index in [1.54, 1.807) is 0 Å². The van der Waals surface area contributed by atoms with Gasteiger partial charge in [-0.1, -0.05) is 43.0 Å². The zero-order valence-electron chi connectivity index (χ0n) is 25.8. The highest BCUT2D eigenvalue weighted by atomic mass is 16.5. The van der Waals surface area contributed by atoms with Crippen molar-refractivity contribution in [3.8, 4) is 5.75 Å². The summed E-state index contributed by atoms with van der Waals surface area (Å²) in [4.78, 5) is 16.5. The van der Waals surface area contributed by atoms with Gasteiger partial charge in [-0.2, -0.15) is 0 Å². The van der Waals surface area contributed by atoms with Gasteiger partial charge in [0.2, 0.25) is 0 Å². The number of nitrogens with zero attached hydrogens (tertiary/aromatic N) is 2. The lowest BCUT2D eigenvalue weighted by Gasteiger charge is -2.32. The van der Waals surface area contributed by atoms with Gasteiger partial charge in [0.1, 0.15) is 5.75 Å². The first-order valence-electron chi connectivity index (χ1n) is 14.5. The van der Waals surface area contributed by atoms with E-state index in [1.807, 2.05) is 19.1 Å². The minimum absolute atomic E-state index is 0.472. The van der Waals surface area contributed by atoms with E-state index in [0.717, 1.165) is 50.8 Å². The lowest BCUT2D eigenvalue weighted by Crippen LogP contribution is -2.15. The smallest absolute Gasteiger partial charge is 0.335 e. The van der Waals surface area contributed by atoms with Gasteiger partial charge in [-0.25, -0.2) is 4.79 Å². The number of carbonyl (C=O) groups is 1. The van der Waals surface area contributed by atoms with Gasteiger partial charge in [-0.05, 0) is 142 Å². The zero-order chi connectivity index (χ0) is 30.7. The van der Waals surface area contributed by atoms with E-state index in [9.17, 15) is 4.79 Å². The molecule has 0 aromatic heterocycles. The molecule has 0 radical (unpaired) electrons. The molecule has 0 N–H and O–H groups in total. The number of carbonyl (C=O) groups excluding carboxylic acids is 1. The van der Waals surface area contributed by atoms with Gasteiger partial charge in [-0.15, -0.1) is 0 Å². The Labute approximate surface area is 255 Å². The normalized spacial score (nSPS) is 10.7. The van der Waals surface area contributed by atoms with Crippen molar-refractivity contribution in [3.63, 3.8) is 0 Å². The van der Waals surface area contributed by atoms with Crippen LogP contribution in [0.4, 0.5) is 34.1 Å². The zero-order valence-corrected chi connectivity index (χ0v) is 25.8. The van der Waals surface area contributed by atoms with Crippen LogP contribution in [-0.2, 0) is 4.79 Å². The molecule has 0 saturated carbocycles. The maximum atomic E-state index is 11.9. The van der Waals surface area contributed by atoms with Crippen molar-refractivity contribution in [2.75, 3.05) is 9.80 Å². The average molecular weight is 567 g/mol. The van der Waals surface area contributed by atoms with Crippen molar-refractivity contribution in [2.45, 2.75) is 41.5 Å². The Kier molecular flexibility index (Phi) is 8.49. The lowest BCUT2D eigenvalue weighted by molar-refractivity contribution is -0.129. The number of benzene rings is 5. The van der Waals surface area contributed by atoms with Crippen molar-refractivity contribution in [3.05, 3.63) is 149 Å². The molecule has 0 aliphatic heterocycles. The molecule has 5 aromatic rings. The molecule has 0 aliphatic rings. The van der Waals surface area contributed by atoms with Crippen LogP contribution in [0.2, 0.25) is 0 Å². The number of rotatable bonds is 8. The predicted octanol–water partition coefficient (Wildman–Crippen LogP) is 10.6. The van der Waals surface area contributed by atoms with Crippen molar-refractivity contribution in [1.82, 2.24) is 0 Å². The summed E-state index contributed by atoms with van der Waals surface area (Å²) in [6, 6.07) is 36.2. The van der Waals surface area contributed by atoms with Crippen LogP contribution >= 0.6 is 0 Å². The summed E-state index contributed by atoms with van der Waals surface area (Å²) in [6.45, 7) is 16.2. The fourth-order valence-electron chi connectivity index (χ4n) is 5.46.